The maximum Gasteiger partial charge on any atom is 0.325 e. The van der Waals surface area contributed by atoms with Gasteiger partial charge in [0.05, 0.1) is 7.11 Å². The van der Waals surface area contributed by atoms with E-state index in [0.29, 0.717) is 4.99 Å². The smallest absolute Gasteiger partial charge is 0.325 e. The molecule has 0 radical (unpaired) electrons. The number of ether oxygens (including phenoxy) is 1. The quantitative estimate of drug-likeness (QED) is 0.649. The Morgan fingerprint density at radius 1 is 1.44 bits per heavy atom. The van der Waals surface area contributed by atoms with Crippen LogP contribution in [0.25, 0.3) is 0 Å². The van der Waals surface area contributed by atoms with Crippen LogP contribution in [0, 0.1) is 0 Å². The molecule has 0 amide bonds. The van der Waals surface area contributed by atoms with Crippen LogP contribution in [0.4, 0.5) is 5.69 Å². The average Bonchev–Trinajstić information content (AvgIpc) is 2.35. The highest BCUT2D eigenvalue weighted by molar-refractivity contribution is 7.80. The van der Waals surface area contributed by atoms with E-state index in [1.165, 1.54) is 7.11 Å². The van der Waals surface area contributed by atoms with Gasteiger partial charge in [-0.05, 0) is 26.0 Å². The fourth-order valence-corrected chi connectivity index (χ4v) is 1.85. The maximum absolute atomic E-state index is 11.5. The van der Waals surface area contributed by atoms with Gasteiger partial charge < -0.3 is 15.4 Å². The first-order valence-electron chi connectivity index (χ1n) is 5.69. The monoisotopic (exact) mass is 266 g/mol. The number of esters is 1. The number of hydrogen-bond donors (Lipinski definition) is 1. The molecule has 0 saturated heterocycles. The predicted octanol–water partition coefficient (Wildman–Crippen LogP) is 1.71. The van der Waals surface area contributed by atoms with Crippen LogP contribution in [0.1, 0.15) is 19.4 Å². The van der Waals surface area contributed by atoms with Gasteiger partial charge in [0, 0.05) is 17.3 Å². The summed E-state index contributed by atoms with van der Waals surface area (Å²) in [6, 6.07) is 7.65. The molecule has 2 N–H and O–H groups in total. The summed E-state index contributed by atoms with van der Waals surface area (Å²) in [5, 5.41) is 0. The third-order valence-corrected chi connectivity index (χ3v) is 2.85. The third-order valence-electron chi connectivity index (χ3n) is 2.63. The minimum atomic E-state index is -0.290. The lowest BCUT2D eigenvalue weighted by Gasteiger charge is -2.29. The van der Waals surface area contributed by atoms with E-state index >= 15 is 0 Å². The number of para-hydroxylation sites is 1. The molecule has 1 aromatic carbocycles. The van der Waals surface area contributed by atoms with Crippen LogP contribution in [0.5, 0.6) is 0 Å². The van der Waals surface area contributed by atoms with E-state index in [0.717, 1.165) is 11.3 Å². The van der Waals surface area contributed by atoms with Gasteiger partial charge in [-0.3, -0.25) is 4.79 Å². The van der Waals surface area contributed by atoms with Gasteiger partial charge in [-0.25, -0.2) is 0 Å². The summed E-state index contributed by atoms with van der Waals surface area (Å²) in [4.78, 5) is 13.7. The van der Waals surface area contributed by atoms with Crippen LogP contribution in [0.15, 0.2) is 24.3 Å². The van der Waals surface area contributed by atoms with E-state index in [4.69, 9.17) is 22.7 Å². The molecule has 0 heterocycles. The molecule has 18 heavy (non-hydrogen) atoms. The normalized spacial score (nSPS) is 10.2. The lowest BCUT2D eigenvalue weighted by Crippen LogP contribution is -2.37. The first-order valence-corrected chi connectivity index (χ1v) is 6.10. The van der Waals surface area contributed by atoms with E-state index in [1.807, 2.05) is 43.0 Å². The second kappa shape index (κ2) is 6.35. The average molecular weight is 266 g/mol. The van der Waals surface area contributed by atoms with Crippen molar-refractivity contribution in [3.05, 3.63) is 29.8 Å². The van der Waals surface area contributed by atoms with Gasteiger partial charge in [-0.2, -0.15) is 0 Å². The van der Waals surface area contributed by atoms with Crippen LogP contribution in [-0.2, 0) is 9.53 Å². The first kappa shape index (κ1) is 14.4. The van der Waals surface area contributed by atoms with Crippen molar-refractivity contribution in [1.82, 2.24) is 0 Å². The van der Waals surface area contributed by atoms with E-state index in [-0.39, 0.29) is 18.6 Å². The molecule has 0 aliphatic carbocycles. The van der Waals surface area contributed by atoms with Gasteiger partial charge in [0.25, 0.3) is 0 Å². The molecule has 0 fully saturated rings. The highest BCUT2D eigenvalue weighted by Gasteiger charge is 2.18. The predicted molar refractivity (Wildman–Crippen MR) is 76.8 cm³/mol. The Balaban J connectivity index is 3.13. The summed E-state index contributed by atoms with van der Waals surface area (Å²) in [6.45, 7) is 4.17. The van der Waals surface area contributed by atoms with Crippen molar-refractivity contribution in [1.29, 1.82) is 0 Å². The van der Waals surface area contributed by atoms with Crippen molar-refractivity contribution >= 4 is 28.9 Å². The number of benzene rings is 1. The van der Waals surface area contributed by atoms with Gasteiger partial charge in [0.2, 0.25) is 0 Å². The van der Waals surface area contributed by atoms with Crippen LogP contribution in [0.2, 0.25) is 0 Å². The molecule has 0 aromatic heterocycles. The summed E-state index contributed by atoms with van der Waals surface area (Å²) in [5.74, 6) is -0.290. The Kier molecular flexibility index (Phi) is 5.09. The minimum absolute atomic E-state index is 0.139. The number of nitrogens with two attached hydrogens (primary N) is 1. The van der Waals surface area contributed by atoms with Crippen molar-refractivity contribution in [2.75, 3.05) is 18.6 Å². The first-order chi connectivity index (χ1) is 8.47. The van der Waals surface area contributed by atoms with Crippen molar-refractivity contribution in [3.63, 3.8) is 0 Å². The summed E-state index contributed by atoms with van der Waals surface area (Å²) in [6.07, 6.45) is 0. The second-order valence-corrected chi connectivity index (χ2v) is 4.62. The Morgan fingerprint density at radius 3 is 2.56 bits per heavy atom. The molecule has 0 saturated carbocycles. The zero-order valence-corrected chi connectivity index (χ0v) is 11.7. The highest BCUT2D eigenvalue weighted by Crippen LogP contribution is 2.22. The fraction of sp³-hybridized carbons (Fsp3) is 0.385. The van der Waals surface area contributed by atoms with Gasteiger partial charge >= 0.3 is 5.97 Å². The number of thiocarbonyl (C=S) groups is 1. The summed E-state index contributed by atoms with van der Waals surface area (Å²) in [7, 11) is 1.38. The van der Waals surface area contributed by atoms with Crippen LogP contribution >= 0.6 is 12.2 Å². The molecule has 0 aliphatic heterocycles. The third kappa shape index (κ3) is 3.43. The molecule has 0 spiro atoms. The molecular formula is C13H18N2O2S. The number of hydrogen-bond acceptors (Lipinski definition) is 4. The SMILES string of the molecule is COC(=O)CN(c1ccccc1C(N)=S)C(C)C. The summed E-state index contributed by atoms with van der Waals surface area (Å²) < 4.78 is 4.71. The molecule has 4 nitrogen and oxygen atoms in total. The number of rotatable bonds is 5. The zero-order valence-electron chi connectivity index (χ0n) is 10.8. The van der Waals surface area contributed by atoms with Gasteiger partial charge in [-0.1, -0.05) is 24.4 Å². The molecule has 1 aromatic rings. The van der Waals surface area contributed by atoms with Crippen LogP contribution in [0.3, 0.4) is 0 Å². The van der Waals surface area contributed by atoms with Crippen molar-refractivity contribution in [3.8, 4) is 0 Å². The zero-order chi connectivity index (χ0) is 13.7. The molecule has 0 bridgehead atoms. The van der Waals surface area contributed by atoms with Gasteiger partial charge in [-0.15, -0.1) is 0 Å². The second-order valence-electron chi connectivity index (χ2n) is 4.18. The topological polar surface area (TPSA) is 55.6 Å². The van der Waals surface area contributed by atoms with E-state index in [1.54, 1.807) is 0 Å². The highest BCUT2D eigenvalue weighted by atomic mass is 32.1. The minimum Gasteiger partial charge on any atom is -0.468 e. The largest absolute Gasteiger partial charge is 0.468 e. The Hall–Kier alpha value is -1.62. The number of carbonyl (C=O) groups excluding carboxylic acids is 1. The number of carbonyl (C=O) groups is 1. The lowest BCUT2D eigenvalue weighted by atomic mass is 10.1. The molecule has 0 atom stereocenters. The van der Waals surface area contributed by atoms with E-state index < -0.39 is 0 Å². The van der Waals surface area contributed by atoms with Crippen LogP contribution in [-0.4, -0.2) is 30.7 Å². The van der Waals surface area contributed by atoms with Gasteiger partial charge in [0.15, 0.2) is 0 Å². The number of nitrogens with zero attached hydrogens (tertiary/aromatic N) is 1. The lowest BCUT2D eigenvalue weighted by molar-refractivity contribution is -0.139. The standard InChI is InChI=1S/C13H18N2O2S/c1-9(2)15(8-12(16)17-3)11-7-5-4-6-10(11)13(14)18/h4-7,9H,8H2,1-3H3,(H2,14,18). The molecule has 1 rings (SSSR count). The fourth-order valence-electron chi connectivity index (χ4n) is 1.68. The van der Waals surface area contributed by atoms with Crippen molar-refractivity contribution < 1.29 is 9.53 Å². The molecular weight excluding hydrogens is 248 g/mol. The Morgan fingerprint density at radius 2 is 2.06 bits per heavy atom. The van der Waals surface area contributed by atoms with E-state index in [2.05, 4.69) is 0 Å². The van der Waals surface area contributed by atoms with Crippen LogP contribution < -0.4 is 10.6 Å². The van der Waals surface area contributed by atoms with Crippen molar-refractivity contribution in [2.45, 2.75) is 19.9 Å². The maximum atomic E-state index is 11.5. The van der Waals surface area contributed by atoms with E-state index in [9.17, 15) is 4.79 Å². The van der Waals surface area contributed by atoms with Crippen molar-refractivity contribution in [2.24, 2.45) is 5.73 Å². The number of methoxy groups -OCH3 is 1. The molecule has 0 unspecified atom stereocenters. The molecule has 5 heteroatoms. The molecule has 0 aliphatic rings. The summed E-state index contributed by atoms with van der Waals surface area (Å²) in [5.41, 5.74) is 7.33. The Labute approximate surface area is 113 Å². The van der Waals surface area contributed by atoms with Gasteiger partial charge in [0.1, 0.15) is 11.5 Å². The number of anilines is 1. The molecule has 98 valence electrons. The Bertz CT molecular complexity index is 446. The summed E-state index contributed by atoms with van der Waals surface area (Å²) >= 11 is 5.03.